The van der Waals surface area contributed by atoms with Gasteiger partial charge >= 0.3 is 0 Å². The lowest BCUT2D eigenvalue weighted by Gasteiger charge is -2.14. The van der Waals surface area contributed by atoms with E-state index in [0.717, 1.165) is 27.8 Å². The summed E-state index contributed by atoms with van der Waals surface area (Å²) >= 11 is 8.53. The van der Waals surface area contributed by atoms with Crippen LogP contribution >= 0.6 is 28.1 Å². The molecule has 0 aliphatic carbocycles. The highest BCUT2D eigenvalue weighted by Gasteiger charge is 2.07. The first kappa shape index (κ1) is 14.0. The summed E-state index contributed by atoms with van der Waals surface area (Å²) in [5.74, 6) is 0. The van der Waals surface area contributed by atoms with E-state index in [-0.39, 0.29) is 0 Å². The van der Waals surface area contributed by atoms with Gasteiger partial charge in [-0.3, -0.25) is 4.98 Å². The number of rotatable bonds is 4. The van der Waals surface area contributed by atoms with Crippen molar-refractivity contribution in [2.75, 3.05) is 5.32 Å². The molecular weight excluding hydrogens is 322 g/mol. The molecule has 0 amide bonds. The van der Waals surface area contributed by atoms with Crippen molar-refractivity contribution in [1.82, 2.24) is 4.98 Å². The standard InChI is InChI=1S/C14H14BrN3S/c1-2-9-7-10(15)3-4-12(9)18-13-8-17-6-5-11(13)14(16)19/h3-8,18H,2H2,1H3,(H2,16,19). The quantitative estimate of drug-likeness (QED) is 0.834. The number of aryl methyl sites for hydroxylation is 1. The highest BCUT2D eigenvalue weighted by atomic mass is 79.9. The molecular formula is C14H14BrN3S. The van der Waals surface area contributed by atoms with E-state index in [4.69, 9.17) is 18.0 Å². The number of nitrogens with two attached hydrogens (primary N) is 1. The zero-order valence-corrected chi connectivity index (χ0v) is 12.9. The molecule has 0 atom stereocenters. The molecule has 98 valence electrons. The van der Waals surface area contributed by atoms with Crippen molar-refractivity contribution >= 4 is 44.5 Å². The number of nitrogens with one attached hydrogen (secondary N) is 1. The predicted molar refractivity (Wildman–Crippen MR) is 86.9 cm³/mol. The van der Waals surface area contributed by atoms with Crippen LogP contribution in [0.2, 0.25) is 0 Å². The average Bonchev–Trinajstić information content (AvgIpc) is 2.41. The number of hydrogen-bond acceptors (Lipinski definition) is 3. The molecule has 0 aliphatic heterocycles. The minimum atomic E-state index is 0.361. The van der Waals surface area contributed by atoms with E-state index in [2.05, 4.69) is 39.2 Å². The van der Waals surface area contributed by atoms with Gasteiger partial charge in [0.25, 0.3) is 0 Å². The fraction of sp³-hybridized carbons (Fsp3) is 0.143. The van der Waals surface area contributed by atoms with Crippen molar-refractivity contribution < 1.29 is 0 Å². The fourth-order valence-corrected chi connectivity index (χ4v) is 2.42. The van der Waals surface area contributed by atoms with E-state index in [9.17, 15) is 0 Å². The molecule has 0 bridgehead atoms. The van der Waals surface area contributed by atoms with Gasteiger partial charge in [0.1, 0.15) is 4.99 Å². The van der Waals surface area contributed by atoms with Gasteiger partial charge < -0.3 is 11.1 Å². The molecule has 19 heavy (non-hydrogen) atoms. The monoisotopic (exact) mass is 335 g/mol. The maximum Gasteiger partial charge on any atom is 0.106 e. The zero-order chi connectivity index (χ0) is 13.8. The molecule has 2 rings (SSSR count). The lowest BCUT2D eigenvalue weighted by molar-refractivity contribution is 1.14. The van der Waals surface area contributed by atoms with Gasteiger partial charge in [0.05, 0.1) is 11.9 Å². The zero-order valence-electron chi connectivity index (χ0n) is 10.5. The molecule has 0 fully saturated rings. The SMILES string of the molecule is CCc1cc(Br)ccc1Nc1cnccc1C(N)=S. The largest absolute Gasteiger partial charge is 0.389 e. The van der Waals surface area contributed by atoms with E-state index < -0.39 is 0 Å². The summed E-state index contributed by atoms with van der Waals surface area (Å²) in [6, 6.07) is 7.94. The van der Waals surface area contributed by atoms with Gasteiger partial charge in [-0.05, 0) is 36.2 Å². The van der Waals surface area contributed by atoms with E-state index in [0.29, 0.717) is 4.99 Å². The Kier molecular flexibility index (Phi) is 4.50. The van der Waals surface area contributed by atoms with Crippen molar-refractivity contribution in [1.29, 1.82) is 0 Å². The smallest absolute Gasteiger partial charge is 0.106 e. The second kappa shape index (κ2) is 6.12. The molecule has 3 nitrogen and oxygen atoms in total. The third-order valence-corrected chi connectivity index (χ3v) is 3.52. The first-order chi connectivity index (χ1) is 9.11. The van der Waals surface area contributed by atoms with Crippen LogP contribution in [0.4, 0.5) is 11.4 Å². The van der Waals surface area contributed by atoms with Crippen LogP contribution in [-0.2, 0) is 6.42 Å². The van der Waals surface area contributed by atoms with Crippen LogP contribution in [-0.4, -0.2) is 9.97 Å². The van der Waals surface area contributed by atoms with Crippen LogP contribution < -0.4 is 11.1 Å². The molecule has 0 saturated carbocycles. The molecule has 0 spiro atoms. The lowest BCUT2D eigenvalue weighted by Crippen LogP contribution is -2.12. The molecule has 0 aliphatic rings. The third-order valence-electron chi connectivity index (χ3n) is 2.80. The number of halogens is 1. The van der Waals surface area contributed by atoms with Gasteiger partial charge in [-0.1, -0.05) is 35.1 Å². The number of thiocarbonyl (C=S) groups is 1. The van der Waals surface area contributed by atoms with E-state index in [1.165, 1.54) is 5.56 Å². The van der Waals surface area contributed by atoms with Gasteiger partial charge in [-0.15, -0.1) is 0 Å². The Morgan fingerprint density at radius 2 is 2.16 bits per heavy atom. The number of hydrogen-bond donors (Lipinski definition) is 2. The van der Waals surface area contributed by atoms with Crippen molar-refractivity contribution in [2.24, 2.45) is 5.73 Å². The second-order valence-corrected chi connectivity index (χ2v) is 5.42. The topological polar surface area (TPSA) is 50.9 Å². The highest BCUT2D eigenvalue weighted by Crippen LogP contribution is 2.26. The minimum absolute atomic E-state index is 0.361. The van der Waals surface area contributed by atoms with Gasteiger partial charge in [0, 0.05) is 21.9 Å². The Hall–Kier alpha value is -1.46. The Morgan fingerprint density at radius 3 is 2.84 bits per heavy atom. The Balaban J connectivity index is 2.39. The summed E-state index contributed by atoms with van der Waals surface area (Å²) in [4.78, 5) is 4.47. The number of anilines is 2. The molecule has 0 unspecified atom stereocenters. The maximum atomic E-state index is 5.72. The van der Waals surface area contributed by atoms with Crippen LogP contribution in [0.5, 0.6) is 0 Å². The summed E-state index contributed by atoms with van der Waals surface area (Å²) in [6.45, 7) is 2.12. The molecule has 0 saturated heterocycles. The summed E-state index contributed by atoms with van der Waals surface area (Å²) < 4.78 is 1.07. The molecule has 3 N–H and O–H groups in total. The van der Waals surface area contributed by atoms with Crippen LogP contribution in [0.3, 0.4) is 0 Å². The van der Waals surface area contributed by atoms with Gasteiger partial charge in [0.2, 0.25) is 0 Å². The van der Waals surface area contributed by atoms with Crippen LogP contribution in [0, 0.1) is 0 Å². The Bertz CT molecular complexity index is 613. The first-order valence-electron chi connectivity index (χ1n) is 5.91. The predicted octanol–water partition coefficient (Wildman–Crippen LogP) is 3.78. The summed E-state index contributed by atoms with van der Waals surface area (Å²) in [5, 5.41) is 3.35. The van der Waals surface area contributed by atoms with E-state index in [1.54, 1.807) is 12.4 Å². The number of benzene rings is 1. The third kappa shape index (κ3) is 3.30. The van der Waals surface area contributed by atoms with Gasteiger partial charge in [0.15, 0.2) is 0 Å². The highest BCUT2D eigenvalue weighted by molar-refractivity contribution is 9.10. The molecule has 1 aromatic heterocycles. The lowest BCUT2D eigenvalue weighted by atomic mass is 10.1. The first-order valence-corrected chi connectivity index (χ1v) is 7.11. The molecule has 1 heterocycles. The molecule has 1 aromatic carbocycles. The summed E-state index contributed by atoms with van der Waals surface area (Å²) in [6.07, 6.45) is 4.35. The summed E-state index contributed by atoms with van der Waals surface area (Å²) in [5.41, 5.74) is 9.60. The summed E-state index contributed by atoms with van der Waals surface area (Å²) in [7, 11) is 0. The second-order valence-electron chi connectivity index (χ2n) is 4.07. The normalized spacial score (nSPS) is 10.2. The molecule has 2 aromatic rings. The molecule has 0 radical (unpaired) electrons. The molecule has 5 heteroatoms. The van der Waals surface area contributed by atoms with Crippen molar-refractivity contribution in [3.8, 4) is 0 Å². The van der Waals surface area contributed by atoms with E-state index >= 15 is 0 Å². The van der Waals surface area contributed by atoms with Crippen LogP contribution in [0.15, 0.2) is 41.1 Å². The fourth-order valence-electron chi connectivity index (χ4n) is 1.83. The number of pyridine rings is 1. The van der Waals surface area contributed by atoms with Crippen molar-refractivity contribution in [3.05, 3.63) is 52.3 Å². The Morgan fingerprint density at radius 1 is 1.37 bits per heavy atom. The van der Waals surface area contributed by atoms with Crippen molar-refractivity contribution in [3.63, 3.8) is 0 Å². The minimum Gasteiger partial charge on any atom is -0.389 e. The maximum absolute atomic E-state index is 5.72. The number of aromatic nitrogens is 1. The van der Waals surface area contributed by atoms with Crippen molar-refractivity contribution in [2.45, 2.75) is 13.3 Å². The van der Waals surface area contributed by atoms with E-state index in [1.807, 2.05) is 18.2 Å². The van der Waals surface area contributed by atoms with Gasteiger partial charge in [-0.2, -0.15) is 0 Å². The van der Waals surface area contributed by atoms with Gasteiger partial charge in [-0.25, -0.2) is 0 Å². The van der Waals surface area contributed by atoms with Crippen LogP contribution in [0.1, 0.15) is 18.1 Å². The Labute approximate surface area is 126 Å². The average molecular weight is 336 g/mol. The number of nitrogens with zero attached hydrogens (tertiary/aromatic N) is 1. The van der Waals surface area contributed by atoms with Crippen LogP contribution in [0.25, 0.3) is 0 Å².